The summed E-state index contributed by atoms with van der Waals surface area (Å²) in [6.45, 7) is 4.41. The number of hydrogen-bond donors (Lipinski definition) is 2. The standard InChI is InChI=1S/C7H17NO2/c1-6(5-9)8(3)4-7(2)10/h6-7,9-10H,4-5H2,1-3H3/t6-,7?/m1/s1. The Morgan fingerprint density at radius 1 is 1.40 bits per heavy atom. The van der Waals surface area contributed by atoms with Crippen molar-refractivity contribution in [2.45, 2.75) is 26.0 Å². The molecule has 1 unspecified atom stereocenters. The van der Waals surface area contributed by atoms with Crippen LogP contribution < -0.4 is 0 Å². The Morgan fingerprint density at radius 2 is 1.90 bits per heavy atom. The lowest BCUT2D eigenvalue weighted by molar-refractivity contribution is 0.0959. The topological polar surface area (TPSA) is 43.7 Å². The molecule has 2 atom stereocenters. The molecule has 0 aromatic carbocycles. The van der Waals surface area contributed by atoms with E-state index in [0.29, 0.717) is 6.54 Å². The van der Waals surface area contributed by atoms with Crippen molar-refractivity contribution in [1.82, 2.24) is 4.90 Å². The first kappa shape index (κ1) is 9.88. The van der Waals surface area contributed by atoms with Crippen LogP contribution in [0.5, 0.6) is 0 Å². The molecule has 0 aromatic rings. The van der Waals surface area contributed by atoms with Gasteiger partial charge in [-0.2, -0.15) is 0 Å². The summed E-state index contributed by atoms with van der Waals surface area (Å²) in [7, 11) is 1.88. The van der Waals surface area contributed by atoms with Crippen LogP contribution in [0.15, 0.2) is 0 Å². The minimum Gasteiger partial charge on any atom is -0.395 e. The fraction of sp³-hybridized carbons (Fsp3) is 1.00. The van der Waals surface area contributed by atoms with Gasteiger partial charge in [0.15, 0.2) is 0 Å². The SMILES string of the molecule is CC(O)CN(C)[C@H](C)CO. The lowest BCUT2D eigenvalue weighted by Gasteiger charge is -2.23. The van der Waals surface area contributed by atoms with Crippen molar-refractivity contribution < 1.29 is 10.2 Å². The molecule has 3 nitrogen and oxygen atoms in total. The minimum atomic E-state index is -0.320. The number of nitrogens with zero attached hydrogens (tertiary/aromatic N) is 1. The van der Waals surface area contributed by atoms with Crippen molar-refractivity contribution in [2.24, 2.45) is 0 Å². The summed E-state index contributed by atoms with van der Waals surface area (Å²) in [5.41, 5.74) is 0. The fourth-order valence-electron chi connectivity index (χ4n) is 0.736. The van der Waals surface area contributed by atoms with Gasteiger partial charge in [-0.1, -0.05) is 0 Å². The zero-order chi connectivity index (χ0) is 8.15. The third-order valence-electron chi connectivity index (χ3n) is 1.57. The van der Waals surface area contributed by atoms with E-state index in [1.165, 1.54) is 0 Å². The van der Waals surface area contributed by atoms with Crippen molar-refractivity contribution in [3.63, 3.8) is 0 Å². The second-order valence-electron chi connectivity index (χ2n) is 2.82. The van der Waals surface area contributed by atoms with Gasteiger partial charge in [0.05, 0.1) is 12.7 Å². The van der Waals surface area contributed by atoms with Gasteiger partial charge < -0.3 is 10.2 Å². The highest BCUT2D eigenvalue weighted by Gasteiger charge is 2.08. The van der Waals surface area contributed by atoms with E-state index in [0.717, 1.165) is 0 Å². The Labute approximate surface area is 62.3 Å². The van der Waals surface area contributed by atoms with Crippen molar-refractivity contribution in [3.8, 4) is 0 Å². The Morgan fingerprint density at radius 3 is 2.20 bits per heavy atom. The van der Waals surface area contributed by atoms with Gasteiger partial charge in [0.1, 0.15) is 0 Å². The van der Waals surface area contributed by atoms with E-state index < -0.39 is 0 Å². The van der Waals surface area contributed by atoms with Gasteiger partial charge in [0.2, 0.25) is 0 Å². The summed E-state index contributed by atoms with van der Waals surface area (Å²) in [5.74, 6) is 0. The summed E-state index contributed by atoms with van der Waals surface area (Å²) < 4.78 is 0. The molecule has 0 fully saturated rings. The van der Waals surface area contributed by atoms with E-state index >= 15 is 0 Å². The number of rotatable bonds is 4. The molecule has 0 bridgehead atoms. The Balaban J connectivity index is 3.50. The average Bonchev–Trinajstić information content (AvgIpc) is 1.85. The highest BCUT2D eigenvalue weighted by molar-refractivity contribution is 4.63. The molecule has 62 valence electrons. The van der Waals surface area contributed by atoms with Gasteiger partial charge in [-0.3, -0.25) is 4.90 Å². The fourth-order valence-corrected chi connectivity index (χ4v) is 0.736. The zero-order valence-corrected chi connectivity index (χ0v) is 6.91. The highest BCUT2D eigenvalue weighted by Crippen LogP contribution is 1.95. The van der Waals surface area contributed by atoms with Crippen LogP contribution in [0.4, 0.5) is 0 Å². The van der Waals surface area contributed by atoms with Gasteiger partial charge >= 0.3 is 0 Å². The van der Waals surface area contributed by atoms with Crippen LogP contribution in [-0.2, 0) is 0 Å². The second kappa shape index (κ2) is 4.66. The molecule has 0 aromatic heterocycles. The number of hydrogen-bond acceptors (Lipinski definition) is 3. The van der Waals surface area contributed by atoms with Crippen molar-refractivity contribution >= 4 is 0 Å². The smallest absolute Gasteiger partial charge is 0.0639 e. The number of aliphatic hydroxyl groups is 2. The average molecular weight is 147 g/mol. The normalized spacial score (nSPS) is 17.4. The molecule has 0 heterocycles. The van der Waals surface area contributed by atoms with Crippen LogP contribution in [0.2, 0.25) is 0 Å². The molecule has 10 heavy (non-hydrogen) atoms. The quantitative estimate of drug-likeness (QED) is 0.573. The summed E-state index contributed by atoms with van der Waals surface area (Å²) in [5, 5.41) is 17.6. The van der Waals surface area contributed by atoms with Gasteiger partial charge in [-0.25, -0.2) is 0 Å². The summed E-state index contributed by atoms with van der Waals surface area (Å²) in [4.78, 5) is 1.92. The van der Waals surface area contributed by atoms with Crippen molar-refractivity contribution in [1.29, 1.82) is 0 Å². The van der Waals surface area contributed by atoms with Gasteiger partial charge in [0.25, 0.3) is 0 Å². The lowest BCUT2D eigenvalue weighted by Crippen LogP contribution is -2.36. The third-order valence-corrected chi connectivity index (χ3v) is 1.57. The van der Waals surface area contributed by atoms with Crippen LogP contribution in [0, 0.1) is 0 Å². The van der Waals surface area contributed by atoms with Crippen LogP contribution in [-0.4, -0.2) is 47.5 Å². The van der Waals surface area contributed by atoms with E-state index in [9.17, 15) is 0 Å². The van der Waals surface area contributed by atoms with Gasteiger partial charge in [-0.15, -0.1) is 0 Å². The van der Waals surface area contributed by atoms with Gasteiger partial charge in [0, 0.05) is 12.6 Å². The van der Waals surface area contributed by atoms with Gasteiger partial charge in [-0.05, 0) is 20.9 Å². The Hall–Kier alpha value is -0.120. The maximum Gasteiger partial charge on any atom is 0.0639 e. The Kier molecular flexibility index (Phi) is 4.60. The molecule has 0 radical (unpaired) electrons. The molecular weight excluding hydrogens is 130 g/mol. The highest BCUT2D eigenvalue weighted by atomic mass is 16.3. The molecule has 0 saturated heterocycles. The van der Waals surface area contributed by atoms with Crippen LogP contribution in [0.25, 0.3) is 0 Å². The molecule has 0 aliphatic rings. The summed E-state index contributed by atoms with van der Waals surface area (Å²) in [6.07, 6.45) is -0.320. The third kappa shape index (κ3) is 3.82. The lowest BCUT2D eigenvalue weighted by atomic mass is 10.3. The molecule has 0 amide bonds. The molecule has 0 spiro atoms. The summed E-state index contributed by atoms with van der Waals surface area (Å²) in [6, 6.07) is 0.134. The molecule has 3 heteroatoms. The first-order chi connectivity index (χ1) is 4.57. The van der Waals surface area contributed by atoms with E-state index in [-0.39, 0.29) is 18.8 Å². The molecule has 0 aliphatic heterocycles. The molecule has 2 N–H and O–H groups in total. The van der Waals surface area contributed by atoms with E-state index in [2.05, 4.69) is 0 Å². The zero-order valence-electron chi connectivity index (χ0n) is 6.91. The predicted octanol–water partition coefficient (Wildman–Crippen LogP) is -0.320. The maximum atomic E-state index is 8.94. The number of aliphatic hydroxyl groups excluding tert-OH is 2. The molecule has 0 aliphatic carbocycles. The van der Waals surface area contributed by atoms with E-state index in [1.807, 2.05) is 18.9 Å². The maximum absolute atomic E-state index is 8.94. The Bertz CT molecular complexity index is 85.7. The van der Waals surface area contributed by atoms with Crippen LogP contribution in [0.3, 0.4) is 0 Å². The first-order valence-corrected chi connectivity index (χ1v) is 3.57. The van der Waals surface area contributed by atoms with E-state index in [1.54, 1.807) is 6.92 Å². The van der Waals surface area contributed by atoms with E-state index in [4.69, 9.17) is 10.2 Å². The number of likely N-dealkylation sites (N-methyl/N-ethyl adjacent to an activating group) is 1. The summed E-state index contributed by atoms with van der Waals surface area (Å²) >= 11 is 0. The second-order valence-corrected chi connectivity index (χ2v) is 2.82. The molecule has 0 rings (SSSR count). The van der Waals surface area contributed by atoms with Crippen molar-refractivity contribution in [3.05, 3.63) is 0 Å². The van der Waals surface area contributed by atoms with Crippen LogP contribution >= 0.6 is 0 Å². The monoisotopic (exact) mass is 147 g/mol. The molecule has 0 saturated carbocycles. The van der Waals surface area contributed by atoms with Crippen molar-refractivity contribution in [2.75, 3.05) is 20.2 Å². The minimum absolute atomic E-state index is 0.134. The molecular formula is C7H17NO2. The largest absolute Gasteiger partial charge is 0.395 e. The van der Waals surface area contributed by atoms with Crippen LogP contribution in [0.1, 0.15) is 13.8 Å². The first-order valence-electron chi connectivity index (χ1n) is 3.57. The predicted molar refractivity (Wildman–Crippen MR) is 40.9 cm³/mol.